The Bertz CT molecular complexity index is 505. The Morgan fingerprint density at radius 2 is 2.18 bits per heavy atom. The summed E-state index contributed by atoms with van der Waals surface area (Å²) in [7, 11) is 0. The molecule has 1 aromatic carbocycles. The maximum absolute atomic E-state index is 11.5. The Balaban J connectivity index is 3.24. The summed E-state index contributed by atoms with van der Waals surface area (Å²) in [6.07, 6.45) is 0. The van der Waals surface area contributed by atoms with Crippen molar-refractivity contribution in [2.24, 2.45) is 0 Å². The molecule has 0 aromatic heterocycles. The van der Waals surface area contributed by atoms with Crippen LogP contribution in [0.3, 0.4) is 0 Å². The minimum atomic E-state index is -0.705. The second kappa shape index (κ2) is 6.43. The van der Waals surface area contributed by atoms with Gasteiger partial charge in [0.25, 0.3) is 5.70 Å². The fourth-order valence-electron chi connectivity index (χ4n) is 1.15. The maximum atomic E-state index is 11.5. The highest BCUT2D eigenvalue weighted by Crippen LogP contribution is 2.30. The first kappa shape index (κ1) is 13.8. The van der Waals surface area contributed by atoms with Gasteiger partial charge in [-0.05, 0) is 18.6 Å². The third-order valence-electron chi connectivity index (χ3n) is 1.90. The number of hydrogen-bond acceptors (Lipinski definition) is 2. The molecule has 0 saturated carbocycles. The number of esters is 1. The zero-order chi connectivity index (χ0) is 12.8. The highest BCUT2D eigenvalue weighted by Gasteiger charge is 2.18. The molecule has 1 aromatic rings. The third-order valence-corrected chi connectivity index (χ3v) is 2.97. The lowest BCUT2D eigenvalue weighted by molar-refractivity contribution is -0.138. The van der Waals surface area contributed by atoms with Gasteiger partial charge in [0.05, 0.1) is 18.2 Å². The predicted molar refractivity (Wildman–Crippen MR) is 70.2 cm³/mol. The highest BCUT2D eigenvalue weighted by molar-refractivity contribution is 9.10. The van der Waals surface area contributed by atoms with E-state index in [4.69, 9.17) is 22.9 Å². The number of rotatable bonds is 3. The predicted octanol–water partition coefficient (Wildman–Crippen LogP) is 3.84. The number of nitrogens with zero attached hydrogens (tertiary/aromatic N) is 1. The SMILES string of the molecule is [C-]#[N+]C(C(=O)OCC)=C(Cl)c1ccccc1Br. The first-order chi connectivity index (χ1) is 8.11. The molecular formula is C12H9BrClNO2. The van der Waals surface area contributed by atoms with Gasteiger partial charge in [0.15, 0.2) is 0 Å². The van der Waals surface area contributed by atoms with Gasteiger partial charge in [-0.25, -0.2) is 4.85 Å². The Morgan fingerprint density at radius 1 is 1.53 bits per heavy atom. The Hall–Kier alpha value is -1.31. The second-order valence-corrected chi connectivity index (χ2v) is 4.21. The minimum absolute atomic E-state index is 0.0888. The molecule has 0 atom stereocenters. The summed E-state index contributed by atoms with van der Waals surface area (Å²) >= 11 is 9.35. The molecule has 0 heterocycles. The van der Waals surface area contributed by atoms with Crippen LogP contribution in [-0.4, -0.2) is 12.6 Å². The smallest absolute Gasteiger partial charge is 0.337 e. The summed E-state index contributed by atoms with van der Waals surface area (Å²) in [6, 6.07) is 7.09. The zero-order valence-corrected chi connectivity index (χ0v) is 11.4. The lowest BCUT2D eigenvalue weighted by atomic mass is 10.2. The van der Waals surface area contributed by atoms with Gasteiger partial charge in [-0.3, -0.25) is 4.79 Å². The topological polar surface area (TPSA) is 30.7 Å². The Labute approximate surface area is 113 Å². The summed E-state index contributed by atoms with van der Waals surface area (Å²) in [4.78, 5) is 14.6. The molecule has 0 fully saturated rings. The number of carbonyl (C=O) groups excluding carboxylic acids is 1. The van der Waals surface area contributed by atoms with Crippen LogP contribution in [0.2, 0.25) is 0 Å². The summed E-state index contributed by atoms with van der Waals surface area (Å²) in [6.45, 7) is 8.86. The van der Waals surface area contributed by atoms with Crippen LogP contribution in [0.4, 0.5) is 0 Å². The standard InChI is InChI=1S/C12H9BrClNO2/c1-3-17-12(16)11(15-2)10(14)8-6-4-5-7-9(8)13/h4-7H,3H2,1H3. The largest absolute Gasteiger partial charge is 0.471 e. The van der Waals surface area contributed by atoms with Crippen LogP contribution in [0.25, 0.3) is 9.88 Å². The van der Waals surface area contributed by atoms with E-state index >= 15 is 0 Å². The maximum Gasteiger partial charge on any atom is 0.337 e. The van der Waals surface area contributed by atoms with Crippen LogP contribution in [0.1, 0.15) is 12.5 Å². The molecule has 0 aliphatic carbocycles. The highest BCUT2D eigenvalue weighted by atomic mass is 79.9. The van der Waals surface area contributed by atoms with Crippen molar-refractivity contribution in [1.29, 1.82) is 0 Å². The van der Waals surface area contributed by atoms with Crippen LogP contribution in [0, 0.1) is 6.57 Å². The average molecular weight is 315 g/mol. The van der Waals surface area contributed by atoms with E-state index in [2.05, 4.69) is 20.8 Å². The van der Waals surface area contributed by atoms with Crippen LogP contribution in [-0.2, 0) is 9.53 Å². The molecular weight excluding hydrogens is 305 g/mol. The molecule has 0 N–H and O–H groups in total. The lowest BCUT2D eigenvalue weighted by Crippen LogP contribution is -2.06. The van der Waals surface area contributed by atoms with E-state index in [0.29, 0.717) is 5.56 Å². The molecule has 0 unspecified atom stereocenters. The molecule has 0 amide bonds. The fraction of sp³-hybridized carbons (Fsp3) is 0.167. The van der Waals surface area contributed by atoms with Crippen LogP contribution >= 0.6 is 27.5 Å². The minimum Gasteiger partial charge on any atom is -0.471 e. The molecule has 88 valence electrons. The van der Waals surface area contributed by atoms with E-state index < -0.39 is 5.97 Å². The van der Waals surface area contributed by atoms with Crippen LogP contribution in [0.5, 0.6) is 0 Å². The quantitative estimate of drug-likeness (QED) is 0.482. The summed E-state index contributed by atoms with van der Waals surface area (Å²) in [5.41, 5.74) is 0.383. The van der Waals surface area contributed by atoms with Crippen LogP contribution in [0.15, 0.2) is 34.4 Å². The monoisotopic (exact) mass is 313 g/mol. The van der Waals surface area contributed by atoms with Crippen molar-refractivity contribution in [3.05, 3.63) is 51.4 Å². The first-order valence-corrected chi connectivity index (χ1v) is 5.98. The van der Waals surface area contributed by atoms with Crippen molar-refractivity contribution in [1.82, 2.24) is 0 Å². The normalized spacial score (nSPS) is 11.4. The number of benzene rings is 1. The molecule has 0 bridgehead atoms. The number of hydrogen-bond donors (Lipinski definition) is 0. The fourth-order valence-corrected chi connectivity index (χ4v) is 2.03. The van der Waals surface area contributed by atoms with Crippen molar-refractivity contribution in [3.63, 3.8) is 0 Å². The summed E-state index contributed by atoms with van der Waals surface area (Å²) in [5.74, 6) is -0.705. The van der Waals surface area contributed by atoms with Gasteiger partial charge in [-0.1, -0.05) is 45.7 Å². The molecule has 0 aliphatic rings. The van der Waals surface area contributed by atoms with Crippen LogP contribution < -0.4 is 0 Å². The first-order valence-electron chi connectivity index (χ1n) is 4.81. The Kier molecular flexibility index (Phi) is 5.20. The van der Waals surface area contributed by atoms with E-state index in [0.717, 1.165) is 4.47 Å². The van der Waals surface area contributed by atoms with Gasteiger partial charge in [0.1, 0.15) is 0 Å². The second-order valence-electron chi connectivity index (χ2n) is 2.97. The van der Waals surface area contributed by atoms with Crippen molar-refractivity contribution in [2.75, 3.05) is 6.61 Å². The van der Waals surface area contributed by atoms with Crippen molar-refractivity contribution < 1.29 is 9.53 Å². The molecule has 1 rings (SSSR count). The van der Waals surface area contributed by atoms with Gasteiger partial charge in [-0.2, -0.15) is 0 Å². The number of halogens is 2. The van der Waals surface area contributed by atoms with Gasteiger partial charge in [0, 0.05) is 4.47 Å². The summed E-state index contributed by atoms with van der Waals surface area (Å²) < 4.78 is 5.49. The van der Waals surface area contributed by atoms with E-state index in [1.54, 1.807) is 25.1 Å². The molecule has 0 aliphatic heterocycles. The Morgan fingerprint density at radius 3 is 2.71 bits per heavy atom. The molecule has 0 saturated heterocycles. The van der Waals surface area contributed by atoms with E-state index in [-0.39, 0.29) is 17.3 Å². The van der Waals surface area contributed by atoms with Crippen molar-refractivity contribution in [3.8, 4) is 0 Å². The lowest BCUT2D eigenvalue weighted by Gasteiger charge is -2.05. The molecule has 0 spiro atoms. The number of ether oxygens (including phenoxy) is 1. The van der Waals surface area contributed by atoms with E-state index in [1.807, 2.05) is 6.07 Å². The summed E-state index contributed by atoms with van der Waals surface area (Å²) in [5, 5.41) is 0.0888. The average Bonchev–Trinajstić information content (AvgIpc) is 2.30. The third kappa shape index (κ3) is 3.32. The van der Waals surface area contributed by atoms with Gasteiger partial charge in [0.2, 0.25) is 0 Å². The number of carbonyl (C=O) groups is 1. The molecule has 0 radical (unpaired) electrons. The molecule has 17 heavy (non-hydrogen) atoms. The van der Waals surface area contributed by atoms with Gasteiger partial charge in [-0.15, -0.1) is 0 Å². The van der Waals surface area contributed by atoms with Gasteiger partial charge >= 0.3 is 5.97 Å². The van der Waals surface area contributed by atoms with Crippen molar-refractivity contribution >= 4 is 38.5 Å². The van der Waals surface area contributed by atoms with Crippen molar-refractivity contribution in [2.45, 2.75) is 6.92 Å². The molecule has 3 nitrogen and oxygen atoms in total. The van der Waals surface area contributed by atoms with Gasteiger partial charge < -0.3 is 4.74 Å². The van der Waals surface area contributed by atoms with E-state index in [9.17, 15) is 4.79 Å². The van der Waals surface area contributed by atoms with E-state index in [1.165, 1.54) is 0 Å². The molecule has 5 heteroatoms. The zero-order valence-electron chi connectivity index (χ0n) is 9.04.